The topological polar surface area (TPSA) is 76.7 Å². The molecular formula is C11H12ClN5. The molecule has 5 nitrogen and oxygen atoms in total. The van der Waals surface area contributed by atoms with Crippen molar-refractivity contribution in [3.05, 3.63) is 41.3 Å². The molecule has 2 heterocycles. The molecule has 0 saturated carbocycles. The van der Waals surface area contributed by atoms with E-state index >= 15 is 0 Å². The van der Waals surface area contributed by atoms with E-state index in [1.165, 1.54) is 6.20 Å². The van der Waals surface area contributed by atoms with Gasteiger partial charge in [0, 0.05) is 24.9 Å². The van der Waals surface area contributed by atoms with E-state index in [1.807, 2.05) is 18.2 Å². The van der Waals surface area contributed by atoms with Crippen LogP contribution in [-0.2, 0) is 6.42 Å². The maximum Gasteiger partial charge on any atom is 0.222 e. The van der Waals surface area contributed by atoms with Crippen molar-refractivity contribution in [1.82, 2.24) is 15.0 Å². The van der Waals surface area contributed by atoms with Crippen LogP contribution in [0.15, 0.2) is 30.6 Å². The molecule has 0 saturated heterocycles. The van der Waals surface area contributed by atoms with Gasteiger partial charge < -0.3 is 11.1 Å². The van der Waals surface area contributed by atoms with Crippen LogP contribution in [-0.4, -0.2) is 21.5 Å². The van der Waals surface area contributed by atoms with E-state index in [0.717, 1.165) is 12.1 Å². The largest absolute Gasteiger partial charge is 0.368 e. The van der Waals surface area contributed by atoms with Crippen LogP contribution in [0.2, 0.25) is 5.02 Å². The van der Waals surface area contributed by atoms with Gasteiger partial charge in [0.1, 0.15) is 10.8 Å². The lowest BCUT2D eigenvalue weighted by atomic mass is 10.3. The molecule has 0 bridgehead atoms. The number of aromatic nitrogens is 3. The lowest BCUT2D eigenvalue weighted by Crippen LogP contribution is -2.09. The molecule has 17 heavy (non-hydrogen) atoms. The van der Waals surface area contributed by atoms with Crippen LogP contribution in [0.25, 0.3) is 0 Å². The molecule has 0 aliphatic carbocycles. The number of hydrogen-bond acceptors (Lipinski definition) is 5. The average Bonchev–Trinajstić information content (AvgIpc) is 2.35. The molecule has 88 valence electrons. The fraction of sp³-hybridized carbons (Fsp3) is 0.182. The number of nitrogens with zero attached hydrogens (tertiary/aromatic N) is 3. The molecule has 3 N–H and O–H groups in total. The molecule has 0 fully saturated rings. The van der Waals surface area contributed by atoms with Gasteiger partial charge in [-0.05, 0) is 12.1 Å². The van der Waals surface area contributed by atoms with Gasteiger partial charge in [0.2, 0.25) is 5.95 Å². The lowest BCUT2D eigenvalue weighted by Gasteiger charge is -2.06. The molecule has 0 aliphatic rings. The normalized spacial score (nSPS) is 10.2. The van der Waals surface area contributed by atoms with E-state index in [2.05, 4.69) is 20.3 Å². The fourth-order valence-corrected chi connectivity index (χ4v) is 1.52. The number of anilines is 2. The summed E-state index contributed by atoms with van der Waals surface area (Å²) >= 11 is 5.92. The summed E-state index contributed by atoms with van der Waals surface area (Å²) in [7, 11) is 0. The van der Waals surface area contributed by atoms with Gasteiger partial charge in [-0.25, -0.2) is 4.98 Å². The predicted molar refractivity (Wildman–Crippen MR) is 67.9 cm³/mol. The monoisotopic (exact) mass is 249 g/mol. The van der Waals surface area contributed by atoms with E-state index < -0.39 is 0 Å². The van der Waals surface area contributed by atoms with E-state index in [-0.39, 0.29) is 5.95 Å². The summed E-state index contributed by atoms with van der Waals surface area (Å²) < 4.78 is 0. The molecule has 0 atom stereocenters. The predicted octanol–water partition coefficient (Wildman–Crippen LogP) is 1.76. The standard InChI is InChI=1S/C11H12ClN5/c12-9-7-16-11(13)17-10(9)15-6-4-8-3-1-2-5-14-8/h1-3,5,7H,4,6H2,(H3,13,15,16,17). The van der Waals surface area contributed by atoms with E-state index in [1.54, 1.807) is 6.20 Å². The Bertz CT molecular complexity index is 488. The summed E-state index contributed by atoms with van der Waals surface area (Å²) in [6.07, 6.45) is 4.04. The van der Waals surface area contributed by atoms with Crippen molar-refractivity contribution in [1.29, 1.82) is 0 Å². The average molecular weight is 250 g/mol. The zero-order valence-electron chi connectivity index (χ0n) is 9.10. The molecule has 2 aromatic rings. The molecule has 0 radical (unpaired) electrons. The molecule has 6 heteroatoms. The highest BCUT2D eigenvalue weighted by Gasteiger charge is 2.02. The van der Waals surface area contributed by atoms with Crippen LogP contribution in [0.4, 0.5) is 11.8 Å². The van der Waals surface area contributed by atoms with Gasteiger partial charge in [-0.3, -0.25) is 4.98 Å². The molecule has 0 aliphatic heterocycles. The SMILES string of the molecule is Nc1ncc(Cl)c(NCCc2ccccn2)n1. The summed E-state index contributed by atoms with van der Waals surface area (Å²) in [4.78, 5) is 12.0. The van der Waals surface area contributed by atoms with Crippen LogP contribution >= 0.6 is 11.6 Å². The van der Waals surface area contributed by atoms with Crippen molar-refractivity contribution in [2.45, 2.75) is 6.42 Å². The number of nitrogens with two attached hydrogens (primary N) is 1. The van der Waals surface area contributed by atoms with Crippen molar-refractivity contribution >= 4 is 23.4 Å². The Morgan fingerprint density at radius 3 is 2.94 bits per heavy atom. The molecule has 0 spiro atoms. The van der Waals surface area contributed by atoms with Crippen LogP contribution in [0.1, 0.15) is 5.69 Å². The number of halogens is 1. The molecule has 0 amide bonds. The third-order valence-corrected chi connectivity index (χ3v) is 2.44. The van der Waals surface area contributed by atoms with Gasteiger partial charge in [-0.1, -0.05) is 17.7 Å². The van der Waals surface area contributed by atoms with Crippen molar-refractivity contribution in [3.63, 3.8) is 0 Å². The van der Waals surface area contributed by atoms with Crippen molar-refractivity contribution in [3.8, 4) is 0 Å². The zero-order valence-corrected chi connectivity index (χ0v) is 9.85. The van der Waals surface area contributed by atoms with Crippen molar-refractivity contribution in [2.75, 3.05) is 17.6 Å². The minimum absolute atomic E-state index is 0.203. The summed E-state index contributed by atoms with van der Waals surface area (Å²) in [5, 5.41) is 3.56. The summed E-state index contributed by atoms with van der Waals surface area (Å²) in [6.45, 7) is 0.688. The van der Waals surface area contributed by atoms with Gasteiger partial charge >= 0.3 is 0 Å². The van der Waals surface area contributed by atoms with Crippen LogP contribution in [0.3, 0.4) is 0 Å². The molecule has 0 unspecified atom stereocenters. The smallest absolute Gasteiger partial charge is 0.222 e. The molecule has 0 aromatic carbocycles. The zero-order chi connectivity index (χ0) is 12.1. The van der Waals surface area contributed by atoms with Gasteiger partial charge in [0.15, 0.2) is 0 Å². The summed E-state index contributed by atoms with van der Waals surface area (Å²) in [5.41, 5.74) is 6.49. The number of nitrogens with one attached hydrogen (secondary N) is 1. The molecule has 2 rings (SSSR count). The highest BCUT2D eigenvalue weighted by molar-refractivity contribution is 6.32. The van der Waals surface area contributed by atoms with E-state index in [0.29, 0.717) is 17.4 Å². The second-order valence-electron chi connectivity index (χ2n) is 3.42. The highest BCUT2D eigenvalue weighted by atomic mass is 35.5. The summed E-state index contributed by atoms with van der Waals surface area (Å²) in [5.74, 6) is 0.754. The minimum atomic E-state index is 0.203. The maximum atomic E-state index is 5.92. The Kier molecular flexibility index (Phi) is 3.72. The van der Waals surface area contributed by atoms with Crippen molar-refractivity contribution < 1.29 is 0 Å². The minimum Gasteiger partial charge on any atom is -0.368 e. The lowest BCUT2D eigenvalue weighted by molar-refractivity contribution is 0.952. The highest BCUT2D eigenvalue weighted by Crippen LogP contribution is 2.17. The Labute approximate surface area is 104 Å². The van der Waals surface area contributed by atoms with Gasteiger partial charge in [0.05, 0.1) is 6.20 Å². The Hall–Kier alpha value is -1.88. The first-order valence-electron chi connectivity index (χ1n) is 5.17. The number of nitrogen functional groups attached to an aromatic ring is 1. The van der Waals surface area contributed by atoms with Gasteiger partial charge in [-0.2, -0.15) is 4.98 Å². The second-order valence-corrected chi connectivity index (χ2v) is 3.83. The maximum absolute atomic E-state index is 5.92. The number of rotatable bonds is 4. The van der Waals surface area contributed by atoms with E-state index in [9.17, 15) is 0 Å². The Morgan fingerprint density at radius 2 is 2.18 bits per heavy atom. The van der Waals surface area contributed by atoms with Crippen LogP contribution in [0.5, 0.6) is 0 Å². The van der Waals surface area contributed by atoms with Gasteiger partial charge in [-0.15, -0.1) is 0 Å². The molecule has 2 aromatic heterocycles. The number of hydrogen-bond donors (Lipinski definition) is 2. The Balaban J connectivity index is 1.92. The first-order chi connectivity index (χ1) is 8.25. The quantitative estimate of drug-likeness (QED) is 0.864. The first-order valence-corrected chi connectivity index (χ1v) is 5.55. The fourth-order valence-electron chi connectivity index (χ4n) is 1.36. The van der Waals surface area contributed by atoms with Crippen LogP contribution < -0.4 is 11.1 Å². The summed E-state index contributed by atoms with van der Waals surface area (Å²) in [6, 6.07) is 5.81. The first kappa shape index (κ1) is 11.6. The van der Waals surface area contributed by atoms with Crippen LogP contribution in [0, 0.1) is 0 Å². The van der Waals surface area contributed by atoms with E-state index in [4.69, 9.17) is 17.3 Å². The Morgan fingerprint density at radius 1 is 1.29 bits per heavy atom. The van der Waals surface area contributed by atoms with Crippen molar-refractivity contribution in [2.24, 2.45) is 0 Å². The second kappa shape index (κ2) is 5.45. The van der Waals surface area contributed by atoms with Gasteiger partial charge in [0.25, 0.3) is 0 Å². The molecular weight excluding hydrogens is 238 g/mol. The number of pyridine rings is 1. The third kappa shape index (κ3) is 3.29. The third-order valence-electron chi connectivity index (χ3n) is 2.16.